The molecule has 0 aromatic carbocycles. The van der Waals surface area contributed by atoms with Gasteiger partial charge in [-0.15, -0.1) is 0 Å². The van der Waals surface area contributed by atoms with Crippen LogP contribution in [0.1, 0.15) is 20.3 Å². The summed E-state index contributed by atoms with van der Waals surface area (Å²) in [6, 6.07) is 0. The standard InChI is InChI=1S/C7H13Cl2P/c1-3-10(8,9)5-4-7(2)6-10/h6H,3-5H2,1-2H3. The fourth-order valence-electron chi connectivity index (χ4n) is 1.26. The van der Waals surface area contributed by atoms with Crippen LogP contribution in [0.3, 0.4) is 0 Å². The summed E-state index contributed by atoms with van der Waals surface area (Å²) in [6.07, 6.45) is 3.02. The number of halogens is 2. The van der Waals surface area contributed by atoms with Gasteiger partial charge in [-0.05, 0) is 0 Å². The first-order valence-electron chi connectivity index (χ1n) is 3.58. The molecule has 1 aliphatic rings. The molecule has 0 fully saturated rings. The predicted molar refractivity (Wildman–Crippen MR) is 52.4 cm³/mol. The van der Waals surface area contributed by atoms with E-state index in [4.69, 9.17) is 22.5 Å². The van der Waals surface area contributed by atoms with Gasteiger partial charge in [0.2, 0.25) is 0 Å². The van der Waals surface area contributed by atoms with E-state index in [1.54, 1.807) is 0 Å². The van der Waals surface area contributed by atoms with E-state index < -0.39 is 5.31 Å². The minimum absolute atomic E-state index is 0.923. The minimum atomic E-state index is -2.30. The van der Waals surface area contributed by atoms with Crippen molar-refractivity contribution in [3.05, 3.63) is 11.4 Å². The molecular weight excluding hydrogens is 186 g/mol. The molecule has 0 spiro atoms. The van der Waals surface area contributed by atoms with Crippen LogP contribution in [0.4, 0.5) is 0 Å². The molecule has 0 amide bonds. The summed E-state index contributed by atoms with van der Waals surface area (Å²) in [5.74, 6) is 2.12. The second-order valence-corrected chi connectivity index (χ2v) is 12.7. The maximum absolute atomic E-state index is 6.32. The van der Waals surface area contributed by atoms with Gasteiger partial charge in [0.25, 0.3) is 0 Å². The maximum atomic E-state index is 6.32. The monoisotopic (exact) mass is 198 g/mol. The molecule has 0 unspecified atom stereocenters. The van der Waals surface area contributed by atoms with Crippen molar-refractivity contribution >= 4 is 27.8 Å². The third kappa shape index (κ3) is 1.67. The molecule has 0 bridgehead atoms. The quantitative estimate of drug-likeness (QED) is 0.555. The summed E-state index contributed by atoms with van der Waals surface area (Å²) in [5.41, 5.74) is 1.37. The van der Waals surface area contributed by atoms with Crippen LogP contribution in [0, 0.1) is 0 Å². The number of hydrogen-bond acceptors (Lipinski definition) is 0. The zero-order valence-corrected chi connectivity index (χ0v) is 8.81. The second kappa shape index (κ2) is 2.37. The van der Waals surface area contributed by atoms with Gasteiger partial charge in [0.1, 0.15) is 0 Å². The van der Waals surface area contributed by atoms with Gasteiger partial charge in [-0.25, -0.2) is 0 Å². The van der Waals surface area contributed by atoms with Crippen LogP contribution in [0.5, 0.6) is 0 Å². The van der Waals surface area contributed by atoms with Crippen molar-refractivity contribution in [2.24, 2.45) is 0 Å². The topological polar surface area (TPSA) is 0 Å². The van der Waals surface area contributed by atoms with E-state index in [0.717, 1.165) is 18.7 Å². The summed E-state index contributed by atoms with van der Waals surface area (Å²) in [6.45, 7) is 4.18. The van der Waals surface area contributed by atoms with Gasteiger partial charge >= 0.3 is 71.8 Å². The Morgan fingerprint density at radius 2 is 2.20 bits per heavy atom. The normalized spacial score (nSPS) is 32.4. The third-order valence-corrected chi connectivity index (χ3v) is 8.57. The number of hydrogen-bond donors (Lipinski definition) is 0. The molecule has 0 atom stereocenters. The first-order valence-corrected chi connectivity index (χ1v) is 8.06. The zero-order chi connectivity index (χ0) is 7.85. The predicted octanol–water partition coefficient (Wildman–Crippen LogP) is 4.17. The molecule has 0 aromatic rings. The average Bonchev–Trinajstić information content (AvgIpc) is 2.10. The second-order valence-electron chi connectivity index (χ2n) is 3.09. The van der Waals surface area contributed by atoms with Gasteiger partial charge < -0.3 is 0 Å². The van der Waals surface area contributed by atoms with Crippen molar-refractivity contribution in [1.82, 2.24) is 0 Å². The van der Waals surface area contributed by atoms with E-state index in [0.29, 0.717) is 0 Å². The molecule has 0 N–H and O–H groups in total. The first-order chi connectivity index (χ1) is 4.44. The first kappa shape index (κ1) is 8.84. The SMILES string of the molecule is CCP1(Cl)(Cl)C=C(C)CC1. The van der Waals surface area contributed by atoms with Gasteiger partial charge in [0, 0.05) is 0 Å². The molecule has 0 saturated carbocycles. The van der Waals surface area contributed by atoms with E-state index >= 15 is 0 Å². The van der Waals surface area contributed by atoms with Crippen molar-refractivity contribution in [1.29, 1.82) is 0 Å². The summed E-state index contributed by atoms with van der Waals surface area (Å²) in [7, 11) is 0. The molecule has 0 aromatic heterocycles. The van der Waals surface area contributed by atoms with Gasteiger partial charge in [-0.1, -0.05) is 0 Å². The van der Waals surface area contributed by atoms with Gasteiger partial charge in [-0.2, -0.15) is 0 Å². The molecule has 1 heterocycles. The molecule has 0 saturated heterocycles. The molecule has 0 aliphatic carbocycles. The summed E-state index contributed by atoms with van der Waals surface area (Å²) in [4.78, 5) is 0. The third-order valence-electron chi connectivity index (χ3n) is 2.11. The molecule has 3 heteroatoms. The van der Waals surface area contributed by atoms with E-state index in [1.165, 1.54) is 5.57 Å². The van der Waals surface area contributed by atoms with Gasteiger partial charge in [-0.3, -0.25) is 0 Å². The Labute approximate surface area is 72.1 Å². The Morgan fingerprint density at radius 1 is 1.60 bits per heavy atom. The molecule has 1 aliphatic heterocycles. The van der Waals surface area contributed by atoms with Crippen molar-refractivity contribution in [2.45, 2.75) is 20.3 Å². The fourth-order valence-corrected chi connectivity index (χ4v) is 5.29. The van der Waals surface area contributed by atoms with E-state index in [9.17, 15) is 0 Å². The number of allylic oxidation sites excluding steroid dienone is 1. The van der Waals surface area contributed by atoms with Crippen LogP contribution in [-0.2, 0) is 0 Å². The Balaban J connectivity index is 2.90. The summed E-state index contributed by atoms with van der Waals surface area (Å²) < 4.78 is 0. The van der Waals surface area contributed by atoms with Crippen LogP contribution in [0.2, 0.25) is 0 Å². The zero-order valence-electron chi connectivity index (χ0n) is 6.40. The summed E-state index contributed by atoms with van der Waals surface area (Å²) >= 11 is 12.6. The molecule has 0 radical (unpaired) electrons. The van der Waals surface area contributed by atoms with Crippen LogP contribution < -0.4 is 0 Å². The molecular formula is C7H13Cl2P. The van der Waals surface area contributed by atoms with Gasteiger partial charge in [0.15, 0.2) is 0 Å². The van der Waals surface area contributed by atoms with Crippen molar-refractivity contribution in [3.8, 4) is 0 Å². The molecule has 0 nitrogen and oxygen atoms in total. The van der Waals surface area contributed by atoms with E-state index in [-0.39, 0.29) is 0 Å². The fraction of sp³-hybridized carbons (Fsp3) is 0.714. The Hall–Kier alpha value is 0.750. The van der Waals surface area contributed by atoms with Crippen LogP contribution in [0.25, 0.3) is 0 Å². The summed E-state index contributed by atoms with van der Waals surface area (Å²) in [5, 5.41) is -2.30. The Morgan fingerprint density at radius 3 is 2.40 bits per heavy atom. The van der Waals surface area contributed by atoms with Crippen LogP contribution >= 0.6 is 27.8 Å². The Bertz CT molecular complexity index is 184. The van der Waals surface area contributed by atoms with Gasteiger partial charge in [0.05, 0.1) is 0 Å². The van der Waals surface area contributed by atoms with Crippen molar-refractivity contribution < 1.29 is 0 Å². The molecule has 10 heavy (non-hydrogen) atoms. The molecule has 1 rings (SSSR count). The van der Waals surface area contributed by atoms with Crippen molar-refractivity contribution in [2.75, 3.05) is 12.3 Å². The van der Waals surface area contributed by atoms with Crippen molar-refractivity contribution in [3.63, 3.8) is 0 Å². The van der Waals surface area contributed by atoms with Crippen LogP contribution in [-0.4, -0.2) is 12.3 Å². The van der Waals surface area contributed by atoms with Crippen LogP contribution in [0.15, 0.2) is 11.4 Å². The van der Waals surface area contributed by atoms with E-state index in [1.807, 2.05) is 0 Å². The van der Waals surface area contributed by atoms with E-state index in [2.05, 4.69) is 19.7 Å². The average molecular weight is 199 g/mol. The number of rotatable bonds is 1. The Kier molecular flexibility index (Phi) is 2.10. The molecule has 60 valence electrons.